The van der Waals surface area contributed by atoms with E-state index in [9.17, 15) is 4.79 Å². The maximum atomic E-state index is 11.9. The normalized spacial score (nSPS) is 11.6. The first-order chi connectivity index (χ1) is 18.1. The van der Waals surface area contributed by atoms with Gasteiger partial charge in [-0.1, -0.05) is 57.5 Å². The minimum atomic E-state index is -0.406. The summed E-state index contributed by atoms with van der Waals surface area (Å²) in [5.41, 5.74) is 6.54. The van der Waals surface area contributed by atoms with Crippen LogP contribution in [0.2, 0.25) is 0 Å². The lowest BCUT2D eigenvalue weighted by molar-refractivity contribution is 0.557. The Bertz CT molecular complexity index is 2050. The summed E-state index contributed by atoms with van der Waals surface area (Å²) < 4.78 is 10.3. The standard InChI is InChI=1S/C29H18BrN5O2/c1-34-26(22-14-19(30)15-23-20(22)8-4-12-31-23)13-18-6-2-7-21(28(18)34)24-16-35(33-32-24)25-9-3-5-17-10-11-27(36)37-29(17)25/h2-16H,1H3. The fourth-order valence-corrected chi connectivity index (χ4v) is 5.45. The Balaban J connectivity index is 1.41. The first kappa shape index (κ1) is 21.7. The third-order valence-corrected chi connectivity index (χ3v) is 7.12. The second kappa shape index (κ2) is 8.25. The average Bonchev–Trinajstić information content (AvgIpc) is 3.53. The maximum Gasteiger partial charge on any atom is 0.336 e. The highest BCUT2D eigenvalue weighted by molar-refractivity contribution is 9.10. The molecule has 4 aromatic heterocycles. The molecule has 0 saturated carbocycles. The molecule has 0 atom stereocenters. The molecule has 178 valence electrons. The van der Waals surface area contributed by atoms with Crippen molar-refractivity contribution < 1.29 is 4.42 Å². The van der Waals surface area contributed by atoms with Crippen LogP contribution in [-0.4, -0.2) is 24.5 Å². The summed E-state index contributed by atoms with van der Waals surface area (Å²) >= 11 is 3.65. The van der Waals surface area contributed by atoms with Gasteiger partial charge in [0.2, 0.25) is 0 Å². The van der Waals surface area contributed by atoms with Gasteiger partial charge in [-0.3, -0.25) is 4.98 Å². The van der Waals surface area contributed by atoms with Crippen LogP contribution < -0.4 is 5.63 Å². The van der Waals surface area contributed by atoms with Gasteiger partial charge in [-0.05, 0) is 36.4 Å². The first-order valence-electron chi connectivity index (χ1n) is 11.7. The van der Waals surface area contributed by atoms with E-state index in [1.807, 2.05) is 54.9 Å². The Hall–Kier alpha value is -4.56. The second-order valence-electron chi connectivity index (χ2n) is 8.85. The zero-order chi connectivity index (χ0) is 25.1. The fourth-order valence-electron chi connectivity index (χ4n) is 5.00. The quantitative estimate of drug-likeness (QED) is 0.235. The van der Waals surface area contributed by atoms with Crippen molar-refractivity contribution in [2.45, 2.75) is 0 Å². The molecule has 0 N–H and O–H groups in total. The van der Waals surface area contributed by atoms with Crippen molar-refractivity contribution in [1.29, 1.82) is 0 Å². The number of hydrogen-bond acceptors (Lipinski definition) is 5. The molecule has 37 heavy (non-hydrogen) atoms. The molecule has 0 amide bonds. The van der Waals surface area contributed by atoms with Gasteiger partial charge in [-0.25, -0.2) is 9.48 Å². The van der Waals surface area contributed by atoms with Crippen LogP contribution in [0.25, 0.3) is 61.0 Å². The largest absolute Gasteiger partial charge is 0.420 e. The van der Waals surface area contributed by atoms with Gasteiger partial charge >= 0.3 is 5.63 Å². The van der Waals surface area contributed by atoms with Gasteiger partial charge in [0.05, 0.1) is 17.2 Å². The molecular weight excluding hydrogens is 530 g/mol. The molecule has 0 aliphatic rings. The Kier molecular flexibility index (Phi) is 4.84. The van der Waals surface area contributed by atoms with E-state index in [1.54, 1.807) is 10.7 Å². The predicted molar refractivity (Wildman–Crippen MR) is 148 cm³/mol. The Morgan fingerprint density at radius 1 is 0.892 bits per heavy atom. The van der Waals surface area contributed by atoms with E-state index in [-0.39, 0.29) is 0 Å². The number of nitrogens with zero attached hydrogens (tertiary/aromatic N) is 5. The number of benzene rings is 3. The lowest BCUT2D eigenvalue weighted by Gasteiger charge is -2.10. The van der Waals surface area contributed by atoms with Crippen molar-refractivity contribution in [1.82, 2.24) is 24.5 Å². The molecule has 7 rings (SSSR count). The van der Waals surface area contributed by atoms with Gasteiger partial charge in [0.1, 0.15) is 11.4 Å². The van der Waals surface area contributed by atoms with Crippen LogP contribution in [0, 0.1) is 0 Å². The van der Waals surface area contributed by atoms with E-state index in [0.717, 1.165) is 54.2 Å². The van der Waals surface area contributed by atoms with Crippen molar-refractivity contribution in [3.8, 4) is 28.2 Å². The Labute approximate surface area is 218 Å². The minimum absolute atomic E-state index is 0.406. The number of halogens is 1. The van der Waals surface area contributed by atoms with Gasteiger partial charge in [0.25, 0.3) is 0 Å². The van der Waals surface area contributed by atoms with Gasteiger partial charge < -0.3 is 8.98 Å². The molecule has 0 spiro atoms. The van der Waals surface area contributed by atoms with Crippen LogP contribution >= 0.6 is 15.9 Å². The summed E-state index contributed by atoms with van der Waals surface area (Å²) in [7, 11) is 2.06. The molecule has 0 fully saturated rings. The van der Waals surface area contributed by atoms with Crippen LogP contribution in [0.5, 0.6) is 0 Å². The predicted octanol–water partition coefficient (Wildman–Crippen LogP) is 6.51. The van der Waals surface area contributed by atoms with E-state index in [2.05, 4.69) is 67.1 Å². The number of rotatable bonds is 3. The summed E-state index contributed by atoms with van der Waals surface area (Å²) in [5, 5.41) is 11.9. The van der Waals surface area contributed by atoms with Crippen LogP contribution in [0.1, 0.15) is 0 Å². The summed E-state index contributed by atoms with van der Waals surface area (Å²) in [6.07, 6.45) is 3.67. The van der Waals surface area contributed by atoms with Crippen molar-refractivity contribution in [2.75, 3.05) is 0 Å². The number of fused-ring (bicyclic) bond motifs is 3. The molecule has 4 heterocycles. The van der Waals surface area contributed by atoms with E-state index >= 15 is 0 Å². The van der Waals surface area contributed by atoms with Gasteiger partial charge in [-0.2, -0.15) is 0 Å². The second-order valence-corrected chi connectivity index (χ2v) is 9.77. The first-order valence-corrected chi connectivity index (χ1v) is 12.5. The molecular formula is C29H18BrN5O2. The molecule has 3 aromatic carbocycles. The minimum Gasteiger partial charge on any atom is -0.420 e. The summed E-state index contributed by atoms with van der Waals surface area (Å²) in [6.45, 7) is 0. The average molecular weight is 548 g/mol. The van der Waals surface area contributed by atoms with Crippen molar-refractivity contribution in [3.05, 3.63) is 106 Å². The van der Waals surface area contributed by atoms with Crippen molar-refractivity contribution >= 4 is 48.7 Å². The van der Waals surface area contributed by atoms with Crippen LogP contribution in [0.15, 0.2) is 105 Å². The zero-order valence-corrected chi connectivity index (χ0v) is 21.2. The number of para-hydroxylation sites is 2. The van der Waals surface area contributed by atoms with Crippen LogP contribution in [-0.2, 0) is 7.05 Å². The molecule has 7 aromatic rings. The molecule has 0 radical (unpaired) electrons. The monoisotopic (exact) mass is 547 g/mol. The lowest BCUT2D eigenvalue weighted by atomic mass is 10.1. The molecule has 0 bridgehead atoms. The summed E-state index contributed by atoms with van der Waals surface area (Å²) in [5.74, 6) is 0. The van der Waals surface area contributed by atoms with Crippen LogP contribution in [0.4, 0.5) is 0 Å². The highest BCUT2D eigenvalue weighted by Crippen LogP contribution is 2.37. The maximum absolute atomic E-state index is 11.9. The van der Waals surface area contributed by atoms with Gasteiger partial charge in [-0.15, -0.1) is 5.10 Å². The van der Waals surface area contributed by atoms with Gasteiger partial charge in [0.15, 0.2) is 5.58 Å². The Morgan fingerprint density at radius 3 is 2.68 bits per heavy atom. The number of aromatic nitrogens is 5. The van der Waals surface area contributed by atoms with E-state index < -0.39 is 5.63 Å². The van der Waals surface area contributed by atoms with Gasteiger partial charge in [0, 0.05) is 56.8 Å². The van der Waals surface area contributed by atoms with E-state index in [1.165, 1.54) is 6.07 Å². The highest BCUT2D eigenvalue weighted by atomic mass is 79.9. The third kappa shape index (κ3) is 3.48. The number of aryl methyl sites for hydroxylation is 1. The fraction of sp³-hybridized carbons (Fsp3) is 0.0345. The molecule has 7 nitrogen and oxygen atoms in total. The third-order valence-electron chi connectivity index (χ3n) is 6.66. The smallest absolute Gasteiger partial charge is 0.336 e. The van der Waals surface area contributed by atoms with Crippen molar-refractivity contribution in [3.63, 3.8) is 0 Å². The summed E-state index contributed by atoms with van der Waals surface area (Å²) in [6, 6.07) is 25.4. The van der Waals surface area contributed by atoms with Crippen LogP contribution in [0.3, 0.4) is 0 Å². The van der Waals surface area contributed by atoms with E-state index in [4.69, 9.17) is 4.42 Å². The molecule has 0 aliphatic carbocycles. The molecule has 0 saturated heterocycles. The number of hydrogen-bond donors (Lipinski definition) is 0. The topological polar surface area (TPSA) is 78.7 Å². The Morgan fingerprint density at radius 2 is 1.76 bits per heavy atom. The lowest BCUT2D eigenvalue weighted by Crippen LogP contribution is -2.00. The van der Waals surface area contributed by atoms with E-state index in [0.29, 0.717) is 11.3 Å². The molecule has 0 unspecified atom stereocenters. The summed E-state index contributed by atoms with van der Waals surface area (Å²) in [4.78, 5) is 16.4. The number of pyridine rings is 1. The molecule has 8 heteroatoms. The SMILES string of the molecule is Cn1c(-c2cc(Br)cc3ncccc23)cc2cccc(-c3cn(-c4cccc5ccc(=O)oc45)nn3)c21. The zero-order valence-electron chi connectivity index (χ0n) is 19.6. The highest BCUT2D eigenvalue weighted by Gasteiger charge is 2.18. The molecule has 0 aliphatic heterocycles. The van der Waals surface area contributed by atoms with Crippen molar-refractivity contribution in [2.24, 2.45) is 7.05 Å².